The van der Waals surface area contributed by atoms with Crippen molar-refractivity contribution in [3.8, 4) is 0 Å². The van der Waals surface area contributed by atoms with Crippen LogP contribution in [0.25, 0.3) is 4.91 Å². The van der Waals surface area contributed by atoms with Crippen molar-refractivity contribution < 1.29 is 22.3 Å². The number of urea groups is 1. The fourth-order valence-corrected chi connectivity index (χ4v) is 4.97. The van der Waals surface area contributed by atoms with Gasteiger partial charge in [0.25, 0.3) is 10.0 Å². The number of methoxy groups -OCH3 is 1. The molecule has 0 radical (unpaired) electrons. The van der Waals surface area contributed by atoms with Crippen LogP contribution in [0.2, 0.25) is 0 Å². The second-order valence-corrected chi connectivity index (χ2v) is 8.44. The Morgan fingerprint density at radius 3 is 2.62 bits per heavy atom. The van der Waals surface area contributed by atoms with Crippen LogP contribution in [-0.2, 0) is 14.8 Å². The second kappa shape index (κ2) is 8.91. The van der Waals surface area contributed by atoms with Gasteiger partial charge in [-0.25, -0.2) is 9.18 Å². The zero-order chi connectivity index (χ0) is 21.0. The minimum Gasteiger partial charge on any atom is -0.383 e. The monoisotopic (exact) mass is 424 g/mol. The number of nitrogens with one attached hydrogen (secondary N) is 1. The van der Waals surface area contributed by atoms with Crippen molar-refractivity contribution in [2.45, 2.75) is 13.3 Å². The van der Waals surface area contributed by atoms with Gasteiger partial charge in [0.1, 0.15) is 16.6 Å². The molecule has 1 aromatic carbocycles. The van der Waals surface area contributed by atoms with Gasteiger partial charge in [0, 0.05) is 45.4 Å². The molecule has 2 amide bonds. The van der Waals surface area contributed by atoms with Crippen LogP contribution in [0.15, 0.2) is 34.2 Å². The molecule has 8 nitrogen and oxygen atoms in total. The highest BCUT2D eigenvalue weighted by Crippen LogP contribution is 2.33. The standard InChI is InChI=1S/C19H25FN4O4S/c1-14-17(15-4-6-16(20)7-5-15)29(26,27)22-18(14)23-9-3-10-24(12-11-23)19(25)21-8-13-28-2/h4-7H,3,8-13H2,1-2H3,(H,21,25). The van der Waals surface area contributed by atoms with Crippen LogP contribution in [0.5, 0.6) is 0 Å². The Bertz CT molecular complexity index is 928. The third kappa shape index (κ3) is 4.76. The van der Waals surface area contributed by atoms with Gasteiger partial charge in [0.05, 0.1) is 6.61 Å². The first-order valence-corrected chi connectivity index (χ1v) is 10.9. The van der Waals surface area contributed by atoms with Crippen LogP contribution in [0.4, 0.5) is 9.18 Å². The van der Waals surface area contributed by atoms with Gasteiger partial charge in [-0.15, -0.1) is 4.40 Å². The average molecular weight is 424 g/mol. The zero-order valence-electron chi connectivity index (χ0n) is 16.5. The maximum absolute atomic E-state index is 13.2. The lowest BCUT2D eigenvalue weighted by Gasteiger charge is -2.24. The summed E-state index contributed by atoms with van der Waals surface area (Å²) in [5, 5.41) is 2.80. The van der Waals surface area contributed by atoms with Crippen molar-refractivity contribution >= 4 is 26.8 Å². The smallest absolute Gasteiger partial charge is 0.317 e. The summed E-state index contributed by atoms with van der Waals surface area (Å²) >= 11 is 0. The SMILES string of the molecule is COCCNC(=O)N1CCCN(C2=NS(=O)(=O)C(c3ccc(F)cc3)=C2C)CC1. The quantitative estimate of drug-likeness (QED) is 0.743. The van der Waals surface area contributed by atoms with Gasteiger partial charge in [-0.3, -0.25) is 0 Å². The number of amidine groups is 1. The van der Waals surface area contributed by atoms with Crippen LogP contribution >= 0.6 is 0 Å². The molecule has 0 unspecified atom stereocenters. The van der Waals surface area contributed by atoms with Crippen molar-refractivity contribution in [2.75, 3.05) is 46.4 Å². The van der Waals surface area contributed by atoms with E-state index in [4.69, 9.17) is 4.74 Å². The van der Waals surface area contributed by atoms with E-state index in [0.717, 1.165) is 0 Å². The summed E-state index contributed by atoms with van der Waals surface area (Å²) in [5.74, 6) is -0.0362. The first kappa shape index (κ1) is 21.3. The summed E-state index contributed by atoms with van der Waals surface area (Å²) in [5.41, 5.74) is 0.950. The van der Waals surface area contributed by atoms with Crippen molar-refractivity contribution in [1.82, 2.24) is 15.1 Å². The Morgan fingerprint density at radius 1 is 1.21 bits per heavy atom. The summed E-state index contributed by atoms with van der Waals surface area (Å²) in [4.78, 5) is 16.0. The largest absolute Gasteiger partial charge is 0.383 e. The molecule has 3 rings (SSSR count). The van der Waals surface area contributed by atoms with Crippen molar-refractivity contribution in [2.24, 2.45) is 4.40 Å². The summed E-state index contributed by atoms with van der Waals surface area (Å²) in [7, 11) is -2.29. The number of nitrogens with zero attached hydrogens (tertiary/aromatic N) is 3. The highest BCUT2D eigenvalue weighted by molar-refractivity contribution is 8.00. The van der Waals surface area contributed by atoms with Crippen LogP contribution in [0.3, 0.4) is 0 Å². The van der Waals surface area contributed by atoms with Crippen molar-refractivity contribution in [1.29, 1.82) is 0 Å². The molecule has 0 bridgehead atoms. The molecule has 2 aliphatic heterocycles. The van der Waals surface area contributed by atoms with Gasteiger partial charge in [0.15, 0.2) is 0 Å². The molecule has 2 aliphatic rings. The molecule has 0 atom stereocenters. The number of amides is 2. The van der Waals surface area contributed by atoms with E-state index < -0.39 is 15.8 Å². The molecular formula is C19H25FN4O4S. The number of rotatable bonds is 4. The highest BCUT2D eigenvalue weighted by atomic mass is 32.2. The number of sulfonamides is 1. The van der Waals surface area contributed by atoms with E-state index in [2.05, 4.69) is 9.71 Å². The second-order valence-electron chi connectivity index (χ2n) is 6.90. The minimum atomic E-state index is -3.86. The number of hydrogen-bond acceptors (Lipinski definition) is 5. The summed E-state index contributed by atoms with van der Waals surface area (Å²) in [6, 6.07) is 5.19. The third-order valence-corrected chi connectivity index (χ3v) is 6.38. The maximum Gasteiger partial charge on any atom is 0.317 e. The van der Waals surface area contributed by atoms with Gasteiger partial charge in [-0.05, 0) is 31.0 Å². The maximum atomic E-state index is 13.2. The van der Waals surface area contributed by atoms with E-state index in [-0.39, 0.29) is 10.9 Å². The number of carbonyl (C=O) groups is 1. The van der Waals surface area contributed by atoms with Gasteiger partial charge >= 0.3 is 6.03 Å². The molecule has 0 saturated carbocycles. The van der Waals surface area contributed by atoms with Gasteiger partial charge in [-0.2, -0.15) is 8.42 Å². The van der Waals surface area contributed by atoms with Crippen LogP contribution in [0.1, 0.15) is 18.9 Å². The molecule has 1 aromatic rings. The molecule has 0 aromatic heterocycles. The Balaban J connectivity index is 1.75. The average Bonchev–Trinajstić information content (AvgIpc) is 2.84. The van der Waals surface area contributed by atoms with Crippen molar-refractivity contribution in [3.63, 3.8) is 0 Å². The number of halogens is 1. The molecule has 1 N–H and O–H groups in total. The third-order valence-electron chi connectivity index (χ3n) is 4.91. The number of carbonyl (C=O) groups excluding carboxylic acids is 1. The Labute approximate surface area is 170 Å². The minimum absolute atomic E-state index is 0.103. The van der Waals surface area contributed by atoms with Crippen molar-refractivity contribution in [3.05, 3.63) is 41.2 Å². The number of benzene rings is 1. The first-order valence-electron chi connectivity index (χ1n) is 9.42. The van der Waals surface area contributed by atoms with Gasteiger partial charge in [-0.1, -0.05) is 12.1 Å². The fraction of sp³-hybridized carbons (Fsp3) is 0.474. The van der Waals surface area contributed by atoms with E-state index in [1.54, 1.807) is 18.9 Å². The molecule has 29 heavy (non-hydrogen) atoms. The van der Waals surface area contributed by atoms with E-state index in [1.165, 1.54) is 24.3 Å². The fourth-order valence-electron chi connectivity index (χ4n) is 3.49. The lowest BCUT2D eigenvalue weighted by Crippen LogP contribution is -2.43. The van der Waals surface area contributed by atoms with Gasteiger partial charge in [0.2, 0.25) is 0 Å². The van der Waals surface area contributed by atoms with E-state index in [9.17, 15) is 17.6 Å². The lowest BCUT2D eigenvalue weighted by molar-refractivity contribution is 0.181. The topological polar surface area (TPSA) is 91.3 Å². The summed E-state index contributed by atoms with van der Waals surface area (Å²) < 4.78 is 47.5. The number of hydrogen-bond donors (Lipinski definition) is 1. The van der Waals surface area contributed by atoms with Crippen LogP contribution in [-0.4, -0.2) is 76.5 Å². The molecule has 0 spiro atoms. The number of ether oxygens (including phenoxy) is 1. The molecule has 2 heterocycles. The summed E-state index contributed by atoms with van der Waals surface area (Å²) in [6.45, 7) is 4.67. The normalized spacial score (nSPS) is 19.2. The molecule has 158 valence electrons. The predicted molar refractivity (Wildman–Crippen MR) is 108 cm³/mol. The lowest BCUT2D eigenvalue weighted by atomic mass is 10.1. The molecule has 0 aliphatic carbocycles. The molecular weight excluding hydrogens is 399 g/mol. The van der Waals surface area contributed by atoms with E-state index in [0.29, 0.717) is 62.7 Å². The molecule has 1 saturated heterocycles. The Morgan fingerprint density at radius 2 is 1.93 bits per heavy atom. The molecule has 1 fully saturated rings. The van der Waals surface area contributed by atoms with Crippen LogP contribution < -0.4 is 5.32 Å². The van der Waals surface area contributed by atoms with E-state index >= 15 is 0 Å². The highest BCUT2D eigenvalue weighted by Gasteiger charge is 2.34. The Kier molecular flexibility index (Phi) is 6.53. The van der Waals surface area contributed by atoms with E-state index in [1.807, 2.05) is 4.90 Å². The summed E-state index contributed by atoms with van der Waals surface area (Å²) in [6.07, 6.45) is 0.690. The zero-order valence-corrected chi connectivity index (χ0v) is 17.3. The van der Waals surface area contributed by atoms with Crippen LogP contribution in [0, 0.1) is 5.82 Å². The first-order chi connectivity index (χ1) is 13.8. The molecule has 10 heteroatoms. The Hall–Kier alpha value is -2.46. The van der Waals surface area contributed by atoms with Gasteiger partial charge < -0.3 is 19.9 Å². The predicted octanol–water partition coefficient (Wildman–Crippen LogP) is 1.66.